The first kappa shape index (κ1) is 15.2. The van der Waals surface area contributed by atoms with Crippen molar-refractivity contribution >= 4 is 15.7 Å². The molecule has 0 aliphatic heterocycles. The maximum atomic E-state index is 12.3. The van der Waals surface area contributed by atoms with E-state index < -0.39 is 10.0 Å². The minimum atomic E-state index is -3.70. The second kappa shape index (κ2) is 5.84. The Kier molecular flexibility index (Phi) is 3.87. The number of aromatic amines is 2. The van der Waals surface area contributed by atoms with Crippen LogP contribution < -0.4 is 4.72 Å². The lowest BCUT2D eigenvalue weighted by Crippen LogP contribution is -2.13. The van der Waals surface area contributed by atoms with E-state index in [9.17, 15) is 8.42 Å². The van der Waals surface area contributed by atoms with Crippen molar-refractivity contribution in [2.45, 2.75) is 24.8 Å². The van der Waals surface area contributed by atoms with Crippen LogP contribution in [0.15, 0.2) is 41.8 Å². The minimum Gasteiger partial charge on any atom is -0.331 e. The van der Waals surface area contributed by atoms with E-state index in [1.165, 1.54) is 12.5 Å². The average Bonchev–Trinajstić information content (AvgIpc) is 3.20. The van der Waals surface area contributed by atoms with E-state index in [1.807, 2.05) is 13.8 Å². The van der Waals surface area contributed by atoms with Crippen LogP contribution in [0.25, 0.3) is 11.4 Å². The number of hydrogen-bond acceptors (Lipinski definition) is 5. The van der Waals surface area contributed by atoms with Crippen molar-refractivity contribution in [3.8, 4) is 11.4 Å². The lowest BCUT2D eigenvalue weighted by Gasteiger charge is -2.07. The van der Waals surface area contributed by atoms with Gasteiger partial charge in [-0.25, -0.2) is 9.97 Å². The molecule has 3 rings (SSSR count). The molecule has 0 spiro atoms. The predicted octanol–water partition coefficient (Wildman–Crippen LogP) is 2.12. The van der Waals surface area contributed by atoms with Gasteiger partial charge in [0.25, 0.3) is 10.0 Å². The molecule has 120 valence electrons. The molecule has 0 aliphatic rings. The van der Waals surface area contributed by atoms with Crippen molar-refractivity contribution in [3.63, 3.8) is 0 Å². The van der Waals surface area contributed by atoms with Gasteiger partial charge in [0.1, 0.15) is 12.2 Å². The number of nitrogens with zero attached hydrogens (tertiary/aromatic N) is 3. The summed E-state index contributed by atoms with van der Waals surface area (Å²) in [5.74, 6) is 1.38. The van der Waals surface area contributed by atoms with Gasteiger partial charge in [0, 0.05) is 17.2 Å². The van der Waals surface area contributed by atoms with E-state index in [1.54, 1.807) is 24.3 Å². The quantitative estimate of drug-likeness (QED) is 0.661. The van der Waals surface area contributed by atoms with Crippen LogP contribution in [0.1, 0.15) is 25.6 Å². The van der Waals surface area contributed by atoms with Crippen molar-refractivity contribution in [1.82, 2.24) is 25.1 Å². The van der Waals surface area contributed by atoms with Gasteiger partial charge in [-0.3, -0.25) is 9.82 Å². The Labute approximate surface area is 133 Å². The molecule has 0 aliphatic carbocycles. The summed E-state index contributed by atoms with van der Waals surface area (Å²) in [7, 11) is -3.70. The maximum absolute atomic E-state index is 12.3. The number of aromatic nitrogens is 5. The van der Waals surface area contributed by atoms with Crippen molar-refractivity contribution in [2.75, 3.05) is 4.72 Å². The zero-order chi connectivity index (χ0) is 16.4. The van der Waals surface area contributed by atoms with E-state index in [0.717, 1.165) is 5.56 Å². The van der Waals surface area contributed by atoms with Crippen LogP contribution in [0.3, 0.4) is 0 Å². The molecule has 0 atom stereocenters. The first-order chi connectivity index (χ1) is 11.0. The van der Waals surface area contributed by atoms with Crippen LogP contribution in [0.4, 0.5) is 5.69 Å². The van der Waals surface area contributed by atoms with E-state index in [4.69, 9.17) is 0 Å². The van der Waals surface area contributed by atoms with Crippen molar-refractivity contribution < 1.29 is 8.42 Å². The van der Waals surface area contributed by atoms with Crippen molar-refractivity contribution in [1.29, 1.82) is 0 Å². The largest absolute Gasteiger partial charge is 0.331 e. The van der Waals surface area contributed by atoms with Crippen LogP contribution in [0, 0.1) is 0 Å². The smallest absolute Gasteiger partial charge is 0.278 e. The number of imidazole rings is 1. The summed E-state index contributed by atoms with van der Waals surface area (Å²) in [6, 6.07) is 6.83. The summed E-state index contributed by atoms with van der Waals surface area (Å²) in [5.41, 5.74) is 1.27. The Morgan fingerprint density at radius 2 is 1.87 bits per heavy atom. The molecule has 0 fully saturated rings. The van der Waals surface area contributed by atoms with Crippen molar-refractivity contribution in [3.05, 3.63) is 42.6 Å². The summed E-state index contributed by atoms with van der Waals surface area (Å²) < 4.78 is 27.2. The highest BCUT2D eigenvalue weighted by molar-refractivity contribution is 7.92. The second-order valence-electron chi connectivity index (χ2n) is 5.30. The summed E-state index contributed by atoms with van der Waals surface area (Å²) in [6.07, 6.45) is 2.73. The molecule has 9 heteroatoms. The molecule has 3 N–H and O–H groups in total. The Balaban J connectivity index is 1.80. The standard InChI is InChI=1S/C14H16N6O2S/c1-9(2)13-15-7-12(18-13)23(21,22)20-11-5-3-10(4-6-11)14-16-8-17-19-14/h3-9,20H,1-2H3,(H,15,18)(H,16,17,19). The number of rotatable bonds is 5. The van der Waals surface area contributed by atoms with Crippen LogP contribution in [0.2, 0.25) is 0 Å². The molecule has 0 radical (unpaired) electrons. The van der Waals surface area contributed by atoms with E-state index in [2.05, 4.69) is 29.9 Å². The average molecular weight is 332 g/mol. The van der Waals surface area contributed by atoms with Crippen LogP contribution >= 0.6 is 0 Å². The lowest BCUT2D eigenvalue weighted by atomic mass is 10.2. The summed E-state index contributed by atoms with van der Waals surface area (Å²) in [5, 5.41) is 6.57. The van der Waals surface area contributed by atoms with Gasteiger partial charge in [0.2, 0.25) is 0 Å². The summed E-state index contributed by atoms with van der Waals surface area (Å²) in [6.45, 7) is 3.87. The fourth-order valence-corrected chi connectivity index (χ4v) is 2.99. The van der Waals surface area contributed by atoms with Crippen molar-refractivity contribution in [2.24, 2.45) is 0 Å². The lowest BCUT2D eigenvalue weighted by molar-refractivity contribution is 0.597. The first-order valence-corrected chi connectivity index (χ1v) is 8.47. The molecule has 0 unspecified atom stereocenters. The Morgan fingerprint density at radius 3 is 2.43 bits per heavy atom. The zero-order valence-corrected chi connectivity index (χ0v) is 13.4. The highest BCUT2D eigenvalue weighted by atomic mass is 32.2. The topological polar surface area (TPSA) is 116 Å². The summed E-state index contributed by atoms with van der Waals surface area (Å²) >= 11 is 0. The zero-order valence-electron chi connectivity index (χ0n) is 12.6. The second-order valence-corrected chi connectivity index (χ2v) is 6.96. The molecule has 1 aromatic carbocycles. The van der Waals surface area contributed by atoms with Crippen LogP contribution in [-0.4, -0.2) is 33.6 Å². The number of nitrogens with one attached hydrogen (secondary N) is 3. The highest BCUT2D eigenvalue weighted by Crippen LogP contribution is 2.20. The minimum absolute atomic E-state index is 0.0421. The number of benzene rings is 1. The van der Waals surface area contributed by atoms with Gasteiger partial charge in [0.15, 0.2) is 10.9 Å². The molecule has 0 bridgehead atoms. The molecular weight excluding hydrogens is 316 g/mol. The first-order valence-electron chi connectivity index (χ1n) is 6.99. The third-order valence-corrected chi connectivity index (χ3v) is 4.53. The third-order valence-electron chi connectivity index (χ3n) is 3.23. The fraction of sp³-hybridized carbons (Fsp3) is 0.214. The molecule has 2 heterocycles. The molecule has 23 heavy (non-hydrogen) atoms. The number of hydrogen-bond donors (Lipinski definition) is 3. The van der Waals surface area contributed by atoms with Gasteiger partial charge in [-0.2, -0.15) is 13.5 Å². The summed E-state index contributed by atoms with van der Waals surface area (Å²) in [4.78, 5) is 10.9. The third kappa shape index (κ3) is 3.24. The van der Waals surface area contributed by atoms with Gasteiger partial charge in [0.05, 0.1) is 6.20 Å². The molecular formula is C14H16N6O2S. The normalized spacial score (nSPS) is 11.8. The molecule has 8 nitrogen and oxygen atoms in total. The maximum Gasteiger partial charge on any atom is 0.278 e. The van der Waals surface area contributed by atoms with Gasteiger partial charge >= 0.3 is 0 Å². The van der Waals surface area contributed by atoms with Crippen LogP contribution in [-0.2, 0) is 10.0 Å². The number of H-pyrrole nitrogens is 2. The van der Waals surface area contributed by atoms with E-state index >= 15 is 0 Å². The van der Waals surface area contributed by atoms with Gasteiger partial charge in [-0.05, 0) is 24.3 Å². The molecule has 0 saturated heterocycles. The monoisotopic (exact) mass is 332 g/mol. The number of sulfonamides is 1. The highest BCUT2D eigenvalue weighted by Gasteiger charge is 2.18. The Morgan fingerprint density at radius 1 is 1.13 bits per heavy atom. The molecule has 2 aromatic heterocycles. The Bertz CT molecular complexity index is 882. The number of anilines is 1. The SMILES string of the molecule is CC(C)c1ncc(S(=O)(=O)Nc2ccc(-c3ncn[nH]3)cc2)[nH]1. The van der Waals surface area contributed by atoms with E-state index in [0.29, 0.717) is 17.3 Å². The predicted molar refractivity (Wildman–Crippen MR) is 85.3 cm³/mol. The van der Waals surface area contributed by atoms with E-state index in [-0.39, 0.29) is 10.9 Å². The molecule has 0 saturated carbocycles. The van der Waals surface area contributed by atoms with Gasteiger partial charge in [-0.15, -0.1) is 0 Å². The van der Waals surface area contributed by atoms with Gasteiger partial charge in [-0.1, -0.05) is 13.8 Å². The van der Waals surface area contributed by atoms with Gasteiger partial charge < -0.3 is 4.98 Å². The molecule has 3 aromatic rings. The van der Waals surface area contributed by atoms with Crippen LogP contribution in [0.5, 0.6) is 0 Å². The molecule has 0 amide bonds. The fourth-order valence-electron chi connectivity index (χ4n) is 2.00. The Hall–Kier alpha value is -2.68.